The Hall–Kier alpha value is -4.30. The molecule has 36 heavy (non-hydrogen) atoms. The maximum Gasteiger partial charge on any atom is 0.261 e. The van der Waals surface area contributed by atoms with E-state index in [-0.39, 0.29) is 11.7 Å². The SMILES string of the molecule is COc1cccc([C@@H]2C=C(c3ccc(Cl)cc3)Nc3c(C(=O)Nc4ccc(F)cc4)cnn32)c1OC. The molecule has 9 heteroatoms. The van der Waals surface area contributed by atoms with Crippen LogP contribution in [0.3, 0.4) is 0 Å². The second-order valence-corrected chi connectivity index (χ2v) is 8.49. The van der Waals surface area contributed by atoms with Crippen molar-refractivity contribution in [2.24, 2.45) is 0 Å². The number of amides is 1. The van der Waals surface area contributed by atoms with Crippen molar-refractivity contribution in [3.63, 3.8) is 0 Å². The maximum absolute atomic E-state index is 13.3. The molecule has 2 heterocycles. The number of nitrogens with one attached hydrogen (secondary N) is 2. The van der Waals surface area contributed by atoms with Crippen LogP contribution in [-0.4, -0.2) is 29.9 Å². The third-order valence-electron chi connectivity index (χ3n) is 5.89. The molecule has 3 aromatic carbocycles. The van der Waals surface area contributed by atoms with Gasteiger partial charge in [0.15, 0.2) is 11.5 Å². The molecular formula is C27H22ClFN4O3. The van der Waals surface area contributed by atoms with Crippen molar-refractivity contribution in [3.8, 4) is 11.5 Å². The number of fused-ring (bicyclic) bond motifs is 1. The van der Waals surface area contributed by atoms with Gasteiger partial charge in [-0.3, -0.25) is 4.79 Å². The number of nitrogens with zero attached hydrogens (tertiary/aromatic N) is 2. The summed E-state index contributed by atoms with van der Waals surface area (Å²) in [5.74, 6) is 0.877. The maximum atomic E-state index is 13.3. The van der Waals surface area contributed by atoms with Gasteiger partial charge in [-0.2, -0.15) is 5.10 Å². The zero-order valence-electron chi connectivity index (χ0n) is 19.5. The number of hydrogen-bond donors (Lipinski definition) is 2. The summed E-state index contributed by atoms with van der Waals surface area (Å²) in [5.41, 5.74) is 3.25. The van der Waals surface area contributed by atoms with Crippen molar-refractivity contribution < 1.29 is 18.7 Å². The zero-order chi connectivity index (χ0) is 25.2. The summed E-state index contributed by atoms with van der Waals surface area (Å²) in [4.78, 5) is 13.2. The van der Waals surface area contributed by atoms with Crippen LogP contribution in [0.15, 0.2) is 79.0 Å². The van der Waals surface area contributed by atoms with Crippen LogP contribution in [0.2, 0.25) is 5.02 Å². The molecule has 2 N–H and O–H groups in total. The number of anilines is 2. The van der Waals surface area contributed by atoms with Gasteiger partial charge in [-0.25, -0.2) is 9.07 Å². The molecule has 0 saturated heterocycles. The molecule has 0 aliphatic carbocycles. The Labute approximate surface area is 212 Å². The highest BCUT2D eigenvalue weighted by Gasteiger charge is 2.30. The largest absolute Gasteiger partial charge is 0.493 e. The molecule has 1 aromatic heterocycles. The second kappa shape index (κ2) is 9.75. The molecule has 0 unspecified atom stereocenters. The minimum atomic E-state index is -0.413. The van der Waals surface area contributed by atoms with Crippen molar-refractivity contribution in [1.82, 2.24) is 9.78 Å². The highest BCUT2D eigenvalue weighted by Crippen LogP contribution is 2.41. The Kier molecular flexibility index (Phi) is 6.35. The molecule has 1 atom stereocenters. The quantitative estimate of drug-likeness (QED) is 0.337. The Morgan fingerprint density at radius 3 is 2.50 bits per heavy atom. The van der Waals surface area contributed by atoms with Crippen LogP contribution in [0.5, 0.6) is 11.5 Å². The number of ether oxygens (including phenoxy) is 2. The fourth-order valence-corrected chi connectivity index (χ4v) is 4.28. The van der Waals surface area contributed by atoms with E-state index in [1.165, 1.54) is 30.5 Å². The summed E-state index contributed by atoms with van der Waals surface area (Å²) in [6.07, 6.45) is 3.50. The van der Waals surface area contributed by atoms with Gasteiger partial charge in [0, 0.05) is 22.0 Å². The predicted octanol–water partition coefficient (Wildman–Crippen LogP) is 6.00. The Morgan fingerprint density at radius 2 is 1.81 bits per heavy atom. The molecule has 0 bridgehead atoms. The van der Waals surface area contributed by atoms with Crippen LogP contribution in [0.4, 0.5) is 15.9 Å². The first kappa shape index (κ1) is 23.4. The third-order valence-corrected chi connectivity index (χ3v) is 6.14. The average Bonchev–Trinajstić information content (AvgIpc) is 3.33. The minimum absolute atomic E-state index is 0.325. The molecule has 0 saturated carbocycles. The molecule has 0 spiro atoms. The number of allylic oxidation sites excluding steroid dienone is 1. The topological polar surface area (TPSA) is 77.4 Å². The van der Waals surface area contributed by atoms with E-state index in [4.69, 9.17) is 21.1 Å². The summed E-state index contributed by atoms with van der Waals surface area (Å²) in [7, 11) is 3.16. The van der Waals surface area contributed by atoms with Gasteiger partial charge in [-0.1, -0.05) is 35.9 Å². The number of para-hydroxylation sites is 1. The number of rotatable bonds is 6. The molecule has 1 aliphatic heterocycles. The number of benzene rings is 3. The Balaban J connectivity index is 1.60. The van der Waals surface area contributed by atoms with E-state index < -0.39 is 6.04 Å². The minimum Gasteiger partial charge on any atom is -0.493 e. The molecular weight excluding hydrogens is 483 g/mol. The van der Waals surface area contributed by atoms with Crippen LogP contribution in [-0.2, 0) is 0 Å². The predicted molar refractivity (Wildman–Crippen MR) is 137 cm³/mol. The lowest BCUT2D eigenvalue weighted by Gasteiger charge is -2.27. The van der Waals surface area contributed by atoms with E-state index in [1.807, 2.05) is 36.4 Å². The van der Waals surface area contributed by atoms with E-state index in [2.05, 4.69) is 15.7 Å². The standard InChI is InChI=1S/C27H22ClFN4O3/c1-35-24-5-3-4-20(25(24)36-2)23-14-22(16-6-8-17(28)9-7-16)32-26-21(15-30-33(23)26)27(34)31-19-12-10-18(29)11-13-19/h3-15,23,32H,1-2H3,(H,31,34)/t23-/m0/s1. The van der Waals surface area contributed by atoms with Crippen LogP contribution in [0.1, 0.15) is 27.5 Å². The van der Waals surface area contributed by atoms with E-state index in [0.29, 0.717) is 33.6 Å². The number of carbonyl (C=O) groups is 1. The van der Waals surface area contributed by atoms with E-state index >= 15 is 0 Å². The van der Waals surface area contributed by atoms with E-state index in [1.54, 1.807) is 31.0 Å². The smallest absolute Gasteiger partial charge is 0.261 e. The molecule has 1 amide bonds. The van der Waals surface area contributed by atoms with Gasteiger partial charge in [0.05, 0.1) is 20.4 Å². The first-order valence-electron chi connectivity index (χ1n) is 11.1. The fraction of sp³-hybridized carbons (Fsp3) is 0.111. The number of hydrogen-bond acceptors (Lipinski definition) is 5. The first-order chi connectivity index (χ1) is 17.5. The first-order valence-corrected chi connectivity index (χ1v) is 11.5. The van der Waals surface area contributed by atoms with Gasteiger partial charge >= 0.3 is 0 Å². The van der Waals surface area contributed by atoms with Crippen LogP contribution < -0.4 is 20.1 Å². The van der Waals surface area contributed by atoms with Crippen molar-refractivity contribution in [2.75, 3.05) is 24.9 Å². The van der Waals surface area contributed by atoms with Crippen molar-refractivity contribution in [1.29, 1.82) is 0 Å². The van der Waals surface area contributed by atoms with Gasteiger partial charge in [0.1, 0.15) is 23.2 Å². The summed E-state index contributed by atoms with van der Waals surface area (Å²) >= 11 is 6.10. The molecule has 7 nitrogen and oxygen atoms in total. The normalized spacial score (nSPS) is 14.3. The molecule has 1 aliphatic rings. The lowest BCUT2D eigenvalue weighted by molar-refractivity contribution is 0.102. The monoisotopic (exact) mass is 504 g/mol. The average molecular weight is 505 g/mol. The van der Waals surface area contributed by atoms with Gasteiger partial charge in [-0.05, 0) is 54.1 Å². The Bertz CT molecular complexity index is 1450. The third kappa shape index (κ3) is 4.38. The molecule has 182 valence electrons. The van der Waals surface area contributed by atoms with Crippen LogP contribution in [0.25, 0.3) is 5.70 Å². The highest BCUT2D eigenvalue weighted by molar-refractivity contribution is 6.30. The van der Waals surface area contributed by atoms with Crippen LogP contribution in [0, 0.1) is 5.82 Å². The highest BCUT2D eigenvalue weighted by atomic mass is 35.5. The molecule has 0 radical (unpaired) electrons. The number of carbonyl (C=O) groups excluding carboxylic acids is 1. The Morgan fingerprint density at radius 1 is 1.06 bits per heavy atom. The summed E-state index contributed by atoms with van der Waals surface area (Å²) in [6.45, 7) is 0. The van der Waals surface area contributed by atoms with Crippen molar-refractivity contribution in [2.45, 2.75) is 6.04 Å². The lowest BCUT2D eigenvalue weighted by Crippen LogP contribution is -2.22. The van der Waals surface area contributed by atoms with Gasteiger partial charge in [0.2, 0.25) is 0 Å². The molecule has 4 aromatic rings. The molecule has 5 rings (SSSR count). The van der Waals surface area contributed by atoms with E-state index in [9.17, 15) is 9.18 Å². The number of methoxy groups -OCH3 is 2. The van der Waals surface area contributed by atoms with Gasteiger partial charge < -0.3 is 20.1 Å². The summed E-state index contributed by atoms with van der Waals surface area (Å²) < 4.78 is 26.2. The van der Waals surface area contributed by atoms with Crippen LogP contribution >= 0.6 is 11.6 Å². The van der Waals surface area contributed by atoms with Crippen molar-refractivity contribution in [3.05, 3.63) is 107 Å². The van der Waals surface area contributed by atoms with Gasteiger partial charge in [-0.15, -0.1) is 0 Å². The number of halogens is 2. The fourth-order valence-electron chi connectivity index (χ4n) is 4.16. The number of aromatic nitrogens is 2. The second-order valence-electron chi connectivity index (χ2n) is 8.05. The zero-order valence-corrected chi connectivity index (χ0v) is 20.2. The lowest BCUT2D eigenvalue weighted by atomic mass is 9.99. The summed E-state index contributed by atoms with van der Waals surface area (Å²) in [6, 6.07) is 18.2. The van der Waals surface area contributed by atoms with E-state index in [0.717, 1.165) is 16.8 Å². The molecule has 0 fully saturated rings. The van der Waals surface area contributed by atoms with Crippen molar-refractivity contribution >= 4 is 34.7 Å². The summed E-state index contributed by atoms with van der Waals surface area (Å²) in [5, 5.41) is 11.3. The van der Waals surface area contributed by atoms with Gasteiger partial charge in [0.25, 0.3) is 5.91 Å².